The Morgan fingerprint density at radius 2 is 2.00 bits per heavy atom. The predicted molar refractivity (Wildman–Crippen MR) is 79.9 cm³/mol. The predicted octanol–water partition coefficient (Wildman–Crippen LogP) is 1.05. The van der Waals surface area contributed by atoms with Crippen LogP contribution in [0.4, 0.5) is 0 Å². The van der Waals surface area contributed by atoms with Gasteiger partial charge in [-0.2, -0.15) is 5.26 Å². The molecule has 0 saturated carbocycles. The molecule has 3 rings (SSSR count). The third-order valence-corrected chi connectivity index (χ3v) is 4.05. The Morgan fingerprint density at radius 1 is 1.26 bits per heavy atom. The summed E-state index contributed by atoms with van der Waals surface area (Å²) in [6.07, 6.45) is 1.29. The average Bonchev–Trinajstić information content (AvgIpc) is 3.03. The number of rotatable bonds is 3. The number of ether oxygens (including phenoxy) is 2. The third-order valence-electron chi connectivity index (χ3n) is 4.05. The summed E-state index contributed by atoms with van der Waals surface area (Å²) in [5, 5.41) is 11.5. The summed E-state index contributed by atoms with van der Waals surface area (Å²) in [6.45, 7) is 1.30. The van der Waals surface area contributed by atoms with Crippen LogP contribution in [0.3, 0.4) is 0 Å². The Labute approximate surface area is 133 Å². The van der Waals surface area contributed by atoms with Gasteiger partial charge in [-0.3, -0.25) is 9.59 Å². The molecule has 1 N–H and O–H groups in total. The van der Waals surface area contributed by atoms with E-state index in [1.165, 1.54) is 0 Å². The molecule has 0 aromatic heterocycles. The summed E-state index contributed by atoms with van der Waals surface area (Å²) in [5.74, 6) is 0.915. The Morgan fingerprint density at radius 3 is 2.74 bits per heavy atom. The van der Waals surface area contributed by atoms with Gasteiger partial charge < -0.3 is 19.7 Å². The molecular formula is C16H17N3O4. The molecule has 0 atom stereocenters. The lowest BCUT2D eigenvalue weighted by molar-refractivity contribution is -0.131. The fourth-order valence-electron chi connectivity index (χ4n) is 2.76. The van der Waals surface area contributed by atoms with Crippen LogP contribution in [0.1, 0.15) is 29.6 Å². The van der Waals surface area contributed by atoms with Crippen molar-refractivity contribution < 1.29 is 19.1 Å². The first-order valence-electron chi connectivity index (χ1n) is 7.52. The molecule has 120 valence electrons. The van der Waals surface area contributed by atoms with E-state index in [2.05, 4.69) is 5.32 Å². The maximum atomic E-state index is 12.3. The highest BCUT2D eigenvalue weighted by molar-refractivity contribution is 5.95. The van der Waals surface area contributed by atoms with Crippen molar-refractivity contribution in [1.29, 1.82) is 5.26 Å². The lowest BCUT2D eigenvalue weighted by atomic mass is 10.0. The lowest BCUT2D eigenvalue weighted by Crippen LogP contribution is -2.46. The Hall–Kier alpha value is -2.75. The van der Waals surface area contributed by atoms with Gasteiger partial charge >= 0.3 is 0 Å². The zero-order chi connectivity index (χ0) is 16.2. The van der Waals surface area contributed by atoms with Crippen molar-refractivity contribution in [3.63, 3.8) is 0 Å². The topological polar surface area (TPSA) is 91.7 Å². The summed E-state index contributed by atoms with van der Waals surface area (Å²) in [7, 11) is 0. The zero-order valence-electron chi connectivity index (χ0n) is 12.6. The highest BCUT2D eigenvalue weighted by Gasteiger charge is 2.24. The molecule has 0 bridgehead atoms. The number of nitriles is 1. The van der Waals surface area contributed by atoms with Crippen LogP contribution in [-0.2, 0) is 4.79 Å². The van der Waals surface area contributed by atoms with E-state index >= 15 is 0 Å². The Bertz CT molecular complexity index is 660. The minimum atomic E-state index is -0.162. The number of benzene rings is 1. The van der Waals surface area contributed by atoms with Crippen LogP contribution in [0.2, 0.25) is 0 Å². The molecule has 0 aliphatic carbocycles. The van der Waals surface area contributed by atoms with Crippen LogP contribution in [0.5, 0.6) is 11.5 Å². The first-order chi connectivity index (χ1) is 11.2. The van der Waals surface area contributed by atoms with Crippen molar-refractivity contribution in [3.05, 3.63) is 23.8 Å². The maximum Gasteiger partial charge on any atom is 0.251 e. The summed E-state index contributed by atoms with van der Waals surface area (Å²) < 4.78 is 10.5. The Balaban J connectivity index is 1.53. The molecule has 2 heterocycles. The van der Waals surface area contributed by atoms with Crippen LogP contribution in [0.25, 0.3) is 0 Å². The summed E-state index contributed by atoms with van der Waals surface area (Å²) in [6, 6.07) is 6.99. The number of piperidine rings is 1. The quantitative estimate of drug-likeness (QED) is 0.900. The molecule has 0 radical (unpaired) electrons. The van der Waals surface area contributed by atoms with Gasteiger partial charge in [0.1, 0.15) is 6.42 Å². The average molecular weight is 315 g/mol. The SMILES string of the molecule is N#CCC(=O)N1CCC(NC(=O)c2ccc3c(c2)OCO3)CC1. The van der Waals surface area contributed by atoms with Crippen molar-refractivity contribution in [2.75, 3.05) is 19.9 Å². The smallest absolute Gasteiger partial charge is 0.251 e. The number of hydrogen-bond donors (Lipinski definition) is 1. The minimum Gasteiger partial charge on any atom is -0.454 e. The molecule has 0 spiro atoms. The van der Waals surface area contributed by atoms with Gasteiger partial charge in [0.05, 0.1) is 6.07 Å². The highest BCUT2D eigenvalue weighted by Crippen LogP contribution is 2.32. The number of fused-ring (bicyclic) bond motifs is 1. The molecule has 7 nitrogen and oxygen atoms in total. The lowest BCUT2D eigenvalue weighted by Gasteiger charge is -2.32. The van der Waals surface area contributed by atoms with Gasteiger partial charge in [-0.1, -0.05) is 0 Å². The van der Waals surface area contributed by atoms with Crippen molar-refractivity contribution in [2.45, 2.75) is 25.3 Å². The number of hydrogen-bond acceptors (Lipinski definition) is 5. The molecule has 23 heavy (non-hydrogen) atoms. The standard InChI is InChI=1S/C16H17N3O4/c17-6-3-15(20)19-7-4-12(5-8-19)18-16(21)11-1-2-13-14(9-11)23-10-22-13/h1-2,9,12H,3-5,7-8,10H2,(H,18,21). The van der Waals surface area contributed by atoms with E-state index < -0.39 is 0 Å². The first-order valence-corrected chi connectivity index (χ1v) is 7.52. The van der Waals surface area contributed by atoms with E-state index in [1.807, 2.05) is 6.07 Å². The highest BCUT2D eigenvalue weighted by atomic mass is 16.7. The number of amides is 2. The number of nitrogens with zero attached hydrogens (tertiary/aromatic N) is 2. The van der Waals surface area contributed by atoms with Crippen molar-refractivity contribution in [3.8, 4) is 17.6 Å². The number of likely N-dealkylation sites (tertiary alicyclic amines) is 1. The van der Waals surface area contributed by atoms with E-state index in [0.29, 0.717) is 43.0 Å². The molecule has 1 aromatic rings. The van der Waals surface area contributed by atoms with E-state index in [-0.39, 0.29) is 31.1 Å². The molecule has 0 unspecified atom stereocenters. The number of nitrogens with one attached hydrogen (secondary N) is 1. The maximum absolute atomic E-state index is 12.3. The van der Waals surface area contributed by atoms with Gasteiger partial charge in [0.2, 0.25) is 12.7 Å². The molecule has 1 saturated heterocycles. The van der Waals surface area contributed by atoms with Crippen LogP contribution in [0, 0.1) is 11.3 Å². The van der Waals surface area contributed by atoms with Gasteiger partial charge in [-0.05, 0) is 31.0 Å². The molecule has 2 amide bonds. The van der Waals surface area contributed by atoms with Gasteiger partial charge in [0.25, 0.3) is 5.91 Å². The van der Waals surface area contributed by atoms with Gasteiger partial charge in [0, 0.05) is 24.7 Å². The van der Waals surface area contributed by atoms with E-state index in [1.54, 1.807) is 23.1 Å². The summed E-state index contributed by atoms with van der Waals surface area (Å²) >= 11 is 0. The van der Waals surface area contributed by atoms with E-state index in [9.17, 15) is 9.59 Å². The minimum absolute atomic E-state index is 0.0269. The summed E-state index contributed by atoms with van der Waals surface area (Å²) in [4.78, 5) is 25.6. The fraction of sp³-hybridized carbons (Fsp3) is 0.438. The number of carbonyl (C=O) groups excluding carboxylic acids is 2. The van der Waals surface area contributed by atoms with Crippen LogP contribution < -0.4 is 14.8 Å². The fourth-order valence-corrected chi connectivity index (χ4v) is 2.76. The molecule has 1 aromatic carbocycles. The summed E-state index contributed by atoms with van der Waals surface area (Å²) in [5.41, 5.74) is 0.525. The van der Waals surface area contributed by atoms with Crippen molar-refractivity contribution in [2.24, 2.45) is 0 Å². The largest absolute Gasteiger partial charge is 0.454 e. The second kappa shape index (κ2) is 6.57. The molecule has 2 aliphatic rings. The molecule has 1 fully saturated rings. The van der Waals surface area contributed by atoms with Crippen molar-refractivity contribution in [1.82, 2.24) is 10.2 Å². The van der Waals surface area contributed by atoms with Gasteiger partial charge in [-0.25, -0.2) is 0 Å². The zero-order valence-corrected chi connectivity index (χ0v) is 12.6. The van der Waals surface area contributed by atoms with Crippen LogP contribution in [-0.4, -0.2) is 42.6 Å². The van der Waals surface area contributed by atoms with Crippen LogP contribution in [0.15, 0.2) is 18.2 Å². The van der Waals surface area contributed by atoms with E-state index in [0.717, 1.165) is 0 Å². The van der Waals surface area contributed by atoms with Gasteiger partial charge in [-0.15, -0.1) is 0 Å². The first kappa shape index (κ1) is 15.2. The third kappa shape index (κ3) is 3.37. The second-order valence-electron chi connectivity index (χ2n) is 5.53. The van der Waals surface area contributed by atoms with Gasteiger partial charge in [0.15, 0.2) is 11.5 Å². The molecular weight excluding hydrogens is 298 g/mol. The second-order valence-corrected chi connectivity index (χ2v) is 5.53. The van der Waals surface area contributed by atoms with Crippen LogP contribution >= 0.6 is 0 Å². The normalized spacial score (nSPS) is 16.7. The molecule has 7 heteroatoms. The van der Waals surface area contributed by atoms with Crippen molar-refractivity contribution >= 4 is 11.8 Å². The Kier molecular flexibility index (Phi) is 4.33. The van der Waals surface area contributed by atoms with E-state index in [4.69, 9.17) is 14.7 Å². The monoisotopic (exact) mass is 315 g/mol. The molecule has 2 aliphatic heterocycles. The number of carbonyl (C=O) groups is 2.